The smallest absolute Gasteiger partial charge is 0.251 e. The Hall–Kier alpha value is -3.15. The van der Waals surface area contributed by atoms with Crippen molar-refractivity contribution in [3.8, 4) is 0 Å². The monoisotopic (exact) mass is 407 g/mol. The lowest BCUT2D eigenvalue weighted by Gasteiger charge is -2.34. The molecule has 1 aliphatic heterocycles. The minimum absolute atomic E-state index is 0.0494. The summed E-state index contributed by atoms with van der Waals surface area (Å²) in [5.41, 5.74) is 2.27. The predicted octanol–water partition coefficient (Wildman–Crippen LogP) is 3.56. The molecular formula is C24H29N3O3. The number of carbonyl (C=O) groups excluding carboxylic acids is 3. The Labute approximate surface area is 177 Å². The number of rotatable bonds is 6. The number of nitrogens with zero attached hydrogens (tertiary/aromatic N) is 1. The van der Waals surface area contributed by atoms with Crippen LogP contribution in [0, 0.1) is 0 Å². The molecule has 1 saturated heterocycles. The molecule has 0 bridgehead atoms. The van der Waals surface area contributed by atoms with Gasteiger partial charge in [-0.1, -0.05) is 37.3 Å². The molecule has 0 radical (unpaired) electrons. The standard InChI is InChI=1S/C24H29N3O3/c1-3-22(18-7-5-4-6-8-18)24(30)27-15-13-21(14-16-27)26-23(29)19-9-11-20(12-10-19)25-17(2)28/h4-12,21-22H,3,13-16H2,1-2H3,(H,25,28)(H,26,29)/t22-/m0/s1. The molecule has 3 amide bonds. The lowest BCUT2D eigenvalue weighted by atomic mass is 9.93. The highest BCUT2D eigenvalue weighted by Gasteiger charge is 2.28. The highest BCUT2D eigenvalue weighted by atomic mass is 16.2. The normalized spacial score (nSPS) is 15.3. The van der Waals surface area contributed by atoms with Crippen molar-refractivity contribution in [2.45, 2.75) is 45.1 Å². The summed E-state index contributed by atoms with van der Waals surface area (Å²) < 4.78 is 0. The summed E-state index contributed by atoms with van der Waals surface area (Å²) in [5.74, 6) is -0.225. The van der Waals surface area contributed by atoms with Crippen molar-refractivity contribution < 1.29 is 14.4 Å². The Morgan fingerprint density at radius 2 is 1.63 bits per heavy atom. The van der Waals surface area contributed by atoms with Gasteiger partial charge in [-0.3, -0.25) is 14.4 Å². The van der Waals surface area contributed by atoms with Gasteiger partial charge in [-0.15, -0.1) is 0 Å². The number of likely N-dealkylation sites (tertiary alicyclic amines) is 1. The zero-order chi connectivity index (χ0) is 21.5. The molecule has 2 aromatic rings. The Balaban J connectivity index is 1.52. The predicted molar refractivity (Wildman–Crippen MR) is 117 cm³/mol. The molecule has 0 saturated carbocycles. The van der Waals surface area contributed by atoms with Crippen LogP contribution < -0.4 is 10.6 Å². The topological polar surface area (TPSA) is 78.5 Å². The summed E-state index contributed by atoms with van der Waals surface area (Å²) >= 11 is 0. The van der Waals surface area contributed by atoms with Gasteiger partial charge in [-0.05, 0) is 49.1 Å². The summed E-state index contributed by atoms with van der Waals surface area (Å²) in [6.07, 6.45) is 2.26. The first-order valence-electron chi connectivity index (χ1n) is 10.5. The van der Waals surface area contributed by atoms with E-state index >= 15 is 0 Å². The molecular weight excluding hydrogens is 378 g/mol. The van der Waals surface area contributed by atoms with Gasteiger partial charge < -0.3 is 15.5 Å². The number of piperidine rings is 1. The minimum atomic E-state index is -0.147. The van der Waals surface area contributed by atoms with E-state index in [2.05, 4.69) is 10.6 Å². The second-order valence-electron chi connectivity index (χ2n) is 7.70. The van der Waals surface area contributed by atoms with Crippen LogP contribution in [0.4, 0.5) is 5.69 Å². The number of amides is 3. The maximum Gasteiger partial charge on any atom is 0.251 e. The molecule has 3 rings (SSSR count). The van der Waals surface area contributed by atoms with E-state index < -0.39 is 0 Å². The zero-order valence-electron chi connectivity index (χ0n) is 17.6. The third kappa shape index (κ3) is 5.47. The number of anilines is 1. The van der Waals surface area contributed by atoms with E-state index in [9.17, 15) is 14.4 Å². The number of nitrogens with one attached hydrogen (secondary N) is 2. The van der Waals surface area contributed by atoms with Gasteiger partial charge in [0.25, 0.3) is 5.91 Å². The second-order valence-corrected chi connectivity index (χ2v) is 7.70. The molecule has 2 aromatic carbocycles. The third-order valence-electron chi connectivity index (χ3n) is 5.52. The van der Waals surface area contributed by atoms with Crippen molar-refractivity contribution in [2.75, 3.05) is 18.4 Å². The van der Waals surface area contributed by atoms with Crippen LogP contribution in [-0.2, 0) is 9.59 Å². The molecule has 6 nitrogen and oxygen atoms in total. The van der Waals surface area contributed by atoms with Gasteiger partial charge in [-0.25, -0.2) is 0 Å². The summed E-state index contributed by atoms with van der Waals surface area (Å²) in [5, 5.41) is 5.75. The molecule has 0 unspecified atom stereocenters. The van der Waals surface area contributed by atoms with Crippen LogP contribution in [0.5, 0.6) is 0 Å². The van der Waals surface area contributed by atoms with E-state index in [1.165, 1.54) is 6.92 Å². The van der Waals surface area contributed by atoms with Crippen LogP contribution in [0.15, 0.2) is 54.6 Å². The Morgan fingerprint density at radius 3 is 2.20 bits per heavy atom. The largest absolute Gasteiger partial charge is 0.349 e. The van der Waals surface area contributed by atoms with Gasteiger partial charge in [0.1, 0.15) is 0 Å². The maximum absolute atomic E-state index is 13.0. The average molecular weight is 408 g/mol. The number of carbonyl (C=O) groups is 3. The first kappa shape index (κ1) is 21.6. The SMILES string of the molecule is CC[C@H](C(=O)N1CCC(NC(=O)c2ccc(NC(C)=O)cc2)CC1)c1ccccc1. The lowest BCUT2D eigenvalue weighted by molar-refractivity contribution is -0.134. The van der Waals surface area contributed by atoms with E-state index in [4.69, 9.17) is 0 Å². The fourth-order valence-corrected chi connectivity index (χ4v) is 3.88. The van der Waals surface area contributed by atoms with E-state index in [0.717, 1.165) is 24.8 Å². The van der Waals surface area contributed by atoms with Crippen molar-refractivity contribution in [3.63, 3.8) is 0 Å². The highest BCUT2D eigenvalue weighted by molar-refractivity contribution is 5.95. The van der Waals surface area contributed by atoms with Crippen molar-refractivity contribution >= 4 is 23.4 Å². The number of benzene rings is 2. The van der Waals surface area contributed by atoms with Gasteiger partial charge in [0.15, 0.2) is 0 Å². The molecule has 1 aliphatic rings. The molecule has 6 heteroatoms. The van der Waals surface area contributed by atoms with Crippen LogP contribution >= 0.6 is 0 Å². The van der Waals surface area contributed by atoms with Gasteiger partial charge in [0.2, 0.25) is 11.8 Å². The van der Waals surface area contributed by atoms with Crippen LogP contribution in [0.3, 0.4) is 0 Å². The average Bonchev–Trinajstić information content (AvgIpc) is 2.75. The lowest BCUT2D eigenvalue weighted by Crippen LogP contribution is -2.47. The molecule has 2 N–H and O–H groups in total. The summed E-state index contributed by atoms with van der Waals surface area (Å²) in [6.45, 7) is 4.78. The van der Waals surface area contributed by atoms with Crippen LogP contribution in [0.2, 0.25) is 0 Å². The van der Waals surface area contributed by atoms with Crippen LogP contribution in [0.1, 0.15) is 54.9 Å². The first-order valence-corrected chi connectivity index (χ1v) is 10.5. The van der Waals surface area contributed by atoms with E-state index in [-0.39, 0.29) is 29.7 Å². The maximum atomic E-state index is 13.0. The quantitative estimate of drug-likeness (QED) is 0.769. The molecule has 0 aliphatic carbocycles. The third-order valence-corrected chi connectivity index (χ3v) is 5.52. The Bertz CT molecular complexity index is 872. The number of hydrogen-bond acceptors (Lipinski definition) is 3. The highest BCUT2D eigenvalue weighted by Crippen LogP contribution is 2.24. The fourth-order valence-electron chi connectivity index (χ4n) is 3.88. The van der Waals surface area contributed by atoms with Crippen molar-refractivity contribution in [2.24, 2.45) is 0 Å². The van der Waals surface area contributed by atoms with Gasteiger partial charge in [0.05, 0.1) is 5.92 Å². The zero-order valence-corrected chi connectivity index (χ0v) is 17.6. The molecule has 0 spiro atoms. The summed E-state index contributed by atoms with van der Waals surface area (Å²) in [7, 11) is 0. The van der Waals surface area contributed by atoms with E-state index in [0.29, 0.717) is 24.3 Å². The van der Waals surface area contributed by atoms with Gasteiger partial charge in [0, 0.05) is 37.3 Å². The molecule has 1 fully saturated rings. The van der Waals surface area contributed by atoms with Gasteiger partial charge in [-0.2, -0.15) is 0 Å². The summed E-state index contributed by atoms with van der Waals surface area (Å²) in [6, 6.07) is 16.8. The van der Waals surface area contributed by atoms with Crippen LogP contribution in [-0.4, -0.2) is 41.8 Å². The van der Waals surface area contributed by atoms with Crippen LogP contribution in [0.25, 0.3) is 0 Å². The Kier molecular flexibility index (Phi) is 7.22. The molecule has 1 heterocycles. The molecule has 0 aromatic heterocycles. The van der Waals surface area contributed by atoms with E-state index in [1.807, 2.05) is 42.2 Å². The van der Waals surface area contributed by atoms with Gasteiger partial charge >= 0.3 is 0 Å². The van der Waals surface area contributed by atoms with Crippen molar-refractivity contribution in [1.82, 2.24) is 10.2 Å². The van der Waals surface area contributed by atoms with Crippen molar-refractivity contribution in [1.29, 1.82) is 0 Å². The summed E-state index contributed by atoms with van der Waals surface area (Å²) in [4.78, 5) is 38.5. The number of hydrogen-bond donors (Lipinski definition) is 2. The Morgan fingerprint density at radius 1 is 1.00 bits per heavy atom. The minimum Gasteiger partial charge on any atom is -0.349 e. The van der Waals surface area contributed by atoms with E-state index in [1.54, 1.807) is 24.3 Å². The molecule has 30 heavy (non-hydrogen) atoms. The fraction of sp³-hybridized carbons (Fsp3) is 0.375. The van der Waals surface area contributed by atoms with Crippen molar-refractivity contribution in [3.05, 3.63) is 65.7 Å². The molecule has 158 valence electrons. The molecule has 1 atom stereocenters. The second kappa shape index (κ2) is 10.1. The first-order chi connectivity index (χ1) is 14.5.